The van der Waals surface area contributed by atoms with E-state index >= 15 is 0 Å². The van der Waals surface area contributed by atoms with Gasteiger partial charge in [0.1, 0.15) is 11.4 Å². The monoisotopic (exact) mass is 351 g/mol. The molecule has 6 nitrogen and oxygen atoms in total. The summed E-state index contributed by atoms with van der Waals surface area (Å²) in [6.07, 6.45) is 1.93. The highest BCUT2D eigenvalue weighted by Gasteiger charge is 2.60. The molecule has 1 aromatic heterocycles. The Hall–Kier alpha value is -2.76. The highest BCUT2D eigenvalue weighted by molar-refractivity contribution is 6.24. The fourth-order valence-electron chi connectivity index (χ4n) is 5.09. The van der Waals surface area contributed by atoms with Crippen molar-refractivity contribution < 1.29 is 18.8 Å². The number of anilines is 1. The quantitative estimate of drug-likeness (QED) is 0.581. The van der Waals surface area contributed by atoms with Gasteiger partial charge in [0.25, 0.3) is 0 Å². The molecule has 0 radical (unpaired) electrons. The Labute approximate surface area is 148 Å². The van der Waals surface area contributed by atoms with Crippen LogP contribution in [0.1, 0.15) is 24.8 Å². The van der Waals surface area contributed by atoms with Gasteiger partial charge in [0.2, 0.25) is 11.8 Å². The van der Waals surface area contributed by atoms with Gasteiger partial charge >= 0.3 is 5.63 Å². The van der Waals surface area contributed by atoms with E-state index in [1.807, 2.05) is 6.92 Å². The van der Waals surface area contributed by atoms with Crippen LogP contribution in [0.5, 0.6) is 0 Å². The summed E-state index contributed by atoms with van der Waals surface area (Å²) in [5, 5.41) is 0.764. The Balaban J connectivity index is 1.62. The van der Waals surface area contributed by atoms with Crippen molar-refractivity contribution in [2.75, 3.05) is 4.90 Å². The van der Waals surface area contributed by atoms with E-state index in [2.05, 4.69) is 0 Å². The van der Waals surface area contributed by atoms with Gasteiger partial charge in [0, 0.05) is 29.9 Å². The van der Waals surface area contributed by atoms with E-state index in [1.165, 1.54) is 11.0 Å². The van der Waals surface area contributed by atoms with Crippen LogP contribution in [0.2, 0.25) is 0 Å². The number of fused-ring (bicyclic) bond motifs is 3. The number of ketones is 1. The second kappa shape index (κ2) is 5.13. The molecule has 0 spiro atoms. The second-order valence-corrected chi connectivity index (χ2v) is 7.61. The van der Waals surface area contributed by atoms with E-state index in [-0.39, 0.29) is 35.4 Å². The summed E-state index contributed by atoms with van der Waals surface area (Å²) in [7, 11) is 0. The van der Waals surface area contributed by atoms with Crippen molar-refractivity contribution in [3.05, 3.63) is 40.2 Å². The molecule has 26 heavy (non-hydrogen) atoms. The summed E-state index contributed by atoms with van der Waals surface area (Å²) in [5.74, 6) is -1.67. The Kier molecular flexibility index (Phi) is 3.05. The van der Waals surface area contributed by atoms with Crippen molar-refractivity contribution in [2.24, 2.45) is 23.7 Å². The topological polar surface area (TPSA) is 84.7 Å². The van der Waals surface area contributed by atoms with Crippen molar-refractivity contribution in [2.45, 2.75) is 26.2 Å². The Morgan fingerprint density at radius 1 is 1.00 bits per heavy atom. The average Bonchev–Trinajstić information content (AvgIpc) is 2.87. The van der Waals surface area contributed by atoms with Crippen molar-refractivity contribution >= 4 is 34.3 Å². The second-order valence-electron chi connectivity index (χ2n) is 7.61. The molecule has 1 aromatic carbocycles. The number of nitrogens with zero attached hydrogens (tertiary/aromatic N) is 1. The van der Waals surface area contributed by atoms with Crippen molar-refractivity contribution in [3.63, 3.8) is 0 Å². The lowest BCUT2D eigenvalue weighted by Crippen LogP contribution is -2.46. The van der Waals surface area contributed by atoms with E-state index in [0.717, 1.165) is 17.4 Å². The Morgan fingerprint density at radius 3 is 2.54 bits per heavy atom. The fourth-order valence-corrected chi connectivity index (χ4v) is 5.09. The minimum Gasteiger partial charge on any atom is -0.423 e. The van der Waals surface area contributed by atoms with Gasteiger partial charge in [-0.05, 0) is 43.4 Å². The molecule has 6 rings (SSSR count). The SMILES string of the molecule is Cc1cc(=O)oc2cc(N3C(=O)C4C5CCC(C(=O)C5)C4C3=O)ccc12. The minimum absolute atomic E-state index is 0.0282. The molecule has 4 aliphatic rings. The number of Topliss-reactive ketones (excluding diaryl/α,β-unsaturated/α-hetero) is 1. The van der Waals surface area contributed by atoms with Crippen molar-refractivity contribution in [3.8, 4) is 0 Å². The highest BCUT2D eigenvalue weighted by Crippen LogP contribution is 2.52. The van der Waals surface area contributed by atoms with Crippen LogP contribution < -0.4 is 10.5 Å². The molecular weight excluding hydrogens is 334 g/mol. The molecule has 0 N–H and O–H groups in total. The van der Waals surface area contributed by atoms with Gasteiger partial charge in [-0.3, -0.25) is 14.4 Å². The van der Waals surface area contributed by atoms with Crippen LogP contribution in [0.25, 0.3) is 11.0 Å². The van der Waals surface area contributed by atoms with Gasteiger partial charge in [-0.2, -0.15) is 0 Å². The minimum atomic E-state index is -0.525. The van der Waals surface area contributed by atoms with Crippen LogP contribution in [0.3, 0.4) is 0 Å². The lowest BCUT2D eigenvalue weighted by Gasteiger charge is -2.41. The van der Waals surface area contributed by atoms with Gasteiger partial charge in [-0.15, -0.1) is 0 Å². The highest BCUT2D eigenvalue weighted by atomic mass is 16.4. The number of amides is 2. The lowest BCUT2D eigenvalue weighted by molar-refractivity contribution is -0.143. The summed E-state index contributed by atoms with van der Waals surface area (Å²) in [6, 6.07) is 6.43. The van der Waals surface area contributed by atoms with Crippen LogP contribution in [0.4, 0.5) is 5.69 Å². The molecule has 132 valence electrons. The molecule has 3 saturated carbocycles. The molecule has 4 unspecified atom stereocenters. The van der Waals surface area contributed by atoms with Crippen LogP contribution in [-0.4, -0.2) is 17.6 Å². The summed E-state index contributed by atoms with van der Waals surface area (Å²) in [5.41, 5.74) is 1.06. The fraction of sp³-hybridized carbons (Fsp3) is 0.400. The summed E-state index contributed by atoms with van der Waals surface area (Å²) < 4.78 is 5.24. The molecule has 3 aliphatic carbocycles. The molecule has 2 bridgehead atoms. The molecule has 6 heteroatoms. The first kappa shape index (κ1) is 15.5. The predicted octanol–water partition coefficient (Wildman–Crippen LogP) is 2.21. The van der Waals surface area contributed by atoms with E-state index < -0.39 is 11.5 Å². The van der Waals surface area contributed by atoms with Gasteiger partial charge < -0.3 is 4.42 Å². The largest absolute Gasteiger partial charge is 0.423 e. The number of benzene rings is 1. The maximum absolute atomic E-state index is 13.0. The van der Waals surface area contributed by atoms with Gasteiger partial charge in [0.15, 0.2) is 0 Å². The normalized spacial score (nSPS) is 30.3. The molecule has 1 saturated heterocycles. The molecular formula is C20H17NO5. The van der Waals surface area contributed by atoms with E-state index in [9.17, 15) is 19.2 Å². The summed E-state index contributed by atoms with van der Waals surface area (Å²) in [6.45, 7) is 1.81. The standard InChI is InChI=1S/C20H17NO5/c1-9-6-16(23)26-15-8-11(3-5-12(9)15)21-19(24)17-10-2-4-13(14(22)7-10)18(17)20(21)25/h3,5-6,8,10,13,17-18H,2,4,7H2,1H3. The molecule has 1 aliphatic heterocycles. The average molecular weight is 351 g/mol. The third-order valence-electron chi connectivity index (χ3n) is 6.26. The first-order valence-corrected chi connectivity index (χ1v) is 8.91. The van der Waals surface area contributed by atoms with E-state index in [4.69, 9.17) is 4.42 Å². The van der Waals surface area contributed by atoms with Gasteiger partial charge in [-0.25, -0.2) is 9.69 Å². The third-order valence-corrected chi connectivity index (χ3v) is 6.26. The smallest absolute Gasteiger partial charge is 0.336 e. The number of aryl methyl sites for hydroxylation is 1. The van der Waals surface area contributed by atoms with Crippen LogP contribution in [0, 0.1) is 30.6 Å². The maximum Gasteiger partial charge on any atom is 0.336 e. The molecule has 2 aromatic rings. The molecule has 4 atom stereocenters. The maximum atomic E-state index is 13.0. The van der Waals surface area contributed by atoms with E-state index in [0.29, 0.717) is 24.1 Å². The third kappa shape index (κ3) is 1.92. The molecule has 2 heterocycles. The molecule has 2 amide bonds. The van der Waals surface area contributed by atoms with E-state index in [1.54, 1.807) is 18.2 Å². The first-order chi connectivity index (χ1) is 12.5. The first-order valence-electron chi connectivity index (χ1n) is 8.91. The van der Waals surface area contributed by atoms with Crippen molar-refractivity contribution in [1.82, 2.24) is 0 Å². The number of rotatable bonds is 1. The zero-order chi connectivity index (χ0) is 18.2. The number of carbonyl (C=O) groups excluding carboxylic acids is 3. The molecule has 4 fully saturated rings. The number of imide groups is 1. The lowest BCUT2D eigenvalue weighted by atomic mass is 9.59. The van der Waals surface area contributed by atoms with Gasteiger partial charge in [0.05, 0.1) is 17.5 Å². The predicted molar refractivity (Wildman–Crippen MR) is 92.5 cm³/mol. The summed E-state index contributed by atoms with van der Waals surface area (Å²) >= 11 is 0. The van der Waals surface area contributed by atoms with Gasteiger partial charge in [-0.1, -0.05) is 0 Å². The van der Waals surface area contributed by atoms with Crippen LogP contribution >= 0.6 is 0 Å². The van der Waals surface area contributed by atoms with Crippen LogP contribution in [-0.2, 0) is 14.4 Å². The zero-order valence-corrected chi connectivity index (χ0v) is 14.2. The van der Waals surface area contributed by atoms with Crippen molar-refractivity contribution in [1.29, 1.82) is 0 Å². The number of hydrogen-bond donors (Lipinski definition) is 0. The van der Waals surface area contributed by atoms with Crippen LogP contribution in [0.15, 0.2) is 33.5 Å². The number of carbonyl (C=O) groups is 3. The summed E-state index contributed by atoms with van der Waals surface area (Å²) in [4.78, 5) is 51.1. The Bertz CT molecular complexity index is 1050. The zero-order valence-electron chi connectivity index (χ0n) is 14.2. The Morgan fingerprint density at radius 2 is 1.77 bits per heavy atom. The number of hydrogen-bond acceptors (Lipinski definition) is 5.